The van der Waals surface area contributed by atoms with Crippen LogP contribution in [-0.4, -0.2) is 36.1 Å². The first-order valence-electron chi connectivity index (χ1n) is 5.98. The Morgan fingerprint density at radius 3 is 3.00 bits per heavy atom. The van der Waals surface area contributed by atoms with Crippen LogP contribution < -0.4 is 5.32 Å². The SMILES string of the molecule is CCC(C)N(C)CCNc1cccnc1C#N. The van der Waals surface area contributed by atoms with Crippen LogP contribution in [0.2, 0.25) is 0 Å². The highest BCUT2D eigenvalue weighted by Crippen LogP contribution is 2.10. The van der Waals surface area contributed by atoms with Crippen LogP contribution in [0.15, 0.2) is 18.3 Å². The van der Waals surface area contributed by atoms with E-state index in [9.17, 15) is 0 Å². The minimum absolute atomic E-state index is 0.457. The third kappa shape index (κ3) is 4.04. The molecule has 1 rings (SSSR count). The van der Waals surface area contributed by atoms with Crippen molar-refractivity contribution in [2.75, 3.05) is 25.5 Å². The van der Waals surface area contributed by atoms with Crippen LogP contribution in [0.3, 0.4) is 0 Å². The van der Waals surface area contributed by atoms with Gasteiger partial charge in [-0.25, -0.2) is 4.98 Å². The Kier molecular flexibility index (Phi) is 5.44. The molecule has 0 spiro atoms. The first kappa shape index (κ1) is 13.5. The van der Waals surface area contributed by atoms with Gasteiger partial charge in [0.05, 0.1) is 5.69 Å². The van der Waals surface area contributed by atoms with Crippen LogP contribution in [0, 0.1) is 11.3 Å². The minimum atomic E-state index is 0.457. The topological polar surface area (TPSA) is 52.0 Å². The Hall–Kier alpha value is -1.60. The van der Waals surface area contributed by atoms with Crippen LogP contribution in [0.5, 0.6) is 0 Å². The highest BCUT2D eigenvalue weighted by Gasteiger charge is 2.06. The normalized spacial score (nSPS) is 12.2. The largest absolute Gasteiger partial charge is 0.381 e. The van der Waals surface area contributed by atoms with Gasteiger partial charge < -0.3 is 10.2 Å². The summed E-state index contributed by atoms with van der Waals surface area (Å²) < 4.78 is 0. The van der Waals surface area contributed by atoms with E-state index in [0.29, 0.717) is 11.7 Å². The van der Waals surface area contributed by atoms with Gasteiger partial charge in [0.1, 0.15) is 6.07 Å². The molecular weight excluding hydrogens is 212 g/mol. The van der Waals surface area contributed by atoms with E-state index >= 15 is 0 Å². The average Bonchev–Trinajstić information content (AvgIpc) is 2.38. The smallest absolute Gasteiger partial charge is 0.163 e. The number of aromatic nitrogens is 1. The molecule has 0 aliphatic carbocycles. The van der Waals surface area contributed by atoms with Crippen molar-refractivity contribution >= 4 is 5.69 Å². The molecule has 0 amide bonds. The molecule has 1 unspecified atom stereocenters. The first-order chi connectivity index (χ1) is 8.19. The Balaban J connectivity index is 2.44. The van der Waals surface area contributed by atoms with Gasteiger partial charge in [-0.3, -0.25) is 0 Å². The van der Waals surface area contributed by atoms with Crippen molar-refractivity contribution in [3.63, 3.8) is 0 Å². The molecule has 1 aromatic heterocycles. The van der Waals surface area contributed by atoms with Crippen molar-refractivity contribution in [2.24, 2.45) is 0 Å². The number of anilines is 1. The summed E-state index contributed by atoms with van der Waals surface area (Å²) >= 11 is 0. The van der Waals surface area contributed by atoms with Crippen LogP contribution in [-0.2, 0) is 0 Å². The number of nitriles is 1. The molecule has 0 saturated carbocycles. The van der Waals surface area contributed by atoms with E-state index in [4.69, 9.17) is 5.26 Å². The summed E-state index contributed by atoms with van der Waals surface area (Å²) in [6, 6.07) is 6.38. The van der Waals surface area contributed by atoms with Gasteiger partial charge in [-0.2, -0.15) is 5.26 Å². The minimum Gasteiger partial charge on any atom is -0.381 e. The number of hydrogen-bond acceptors (Lipinski definition) is 4. The number of rotatable bonds is 6. The van der Waals surface area contributed by atoms with Crippen molar-refractivity contribution in [3.8, 4) is 6.07 Å². The van der Waals surface area contributed by atoms with E-state index < -0.39 is 0 Å². The van der Waals surface area contributed by atoms with Crippen LogP contribution in [0.25, 0.3) is 0 Å². The zero-order chi connectivity index (χ0) is 12.7. The molecule has 0 radical (unpaired) electrons. The van der Waals surface area contributed by atoms with E-state index in [1.807, 2.05) is 12.1 Å². The Bertz CT molecular complexity index is 383. The molecule has 0 aliphatic rings. The lowest BCUT2D eigenvalue weighted by Gasteiger charge is -2.23. The van der Waals surface area contributed by atoms with Gasteiger partial charge in [0.15, 0.2) is 5.69 Å². The fraction of sp³-hybridized carbons (Fsp3) is 0.538. The molecular formula is C13H20N4. The Morgan fingerprint density at radius 1 is 1.59 bits per heavy atom. The average molecular weight is 232 g/mol. The highest BCUT2D eigenvalue weighted by molar-refractivity contribution is 5.53. The van der Waals surface area contributed by atoms with Gasteiger partial charge in [-0.05, 0) is 32.5 Å². The van der Waals surface area contributed by atoms with E-state index in [-0.39, 0.29) is 0 Å². The monoisotopic (exact) mass is 232 g/mol. The summed E-state index contributed by atoms with van der Waals surface area (Å²) in [6.07, 6.45) is 2.78. The van der Waals surface area contributed by atoms with Gasteiger partial charge in [-0.1, -0.05) is 6.92 Å². The summed E-state index contributed by atoms with van der Waals surface area (Å²) in [5, 5.41) is 12.1. The van der Waals surface area contributed by atoms with E-state index in [1.54, 1.807) is 6.20 Å². The van der Waals surface area contributed by atoms with Crippen LogP contribution >= 0.6 is 0 Å². The molecule has 1 aromatic rings. The number of pyridine rings is 1. The van der Waals surface area contributed by atoms with Crippen molar-refractivity contribution in [1.82, 2.24) is 9.88 Å². The van der Waals surface area contributed by atoms with E-state index in [1.165, 1.54) is 0 Å². The number of likely N-dealkylation sites (N-methyl/N-ethyl adjacent to an activating group) is 1. The second kappa shape index (κ2) is 6.87. The molecule has 4 heteroatoms. The molecule has 0 aliphatic heterocycles. The third-order valence-electron chi connectivity index (χ3n) is 3.04. The summed E-state index contributed by atoms with van der Waals surface area (Å²) in [4.78, 5) is 6.31. The third-order valence-corrected chi connectivity index (χ3v) is 3.04. The molecule has 92 valence electrons. The van der Waals surface area contributed by atoms with E-state index in [2.05, 4.69) is 42.2 Å². The number of hydrogen-bond donors (Lipinski definition) is 1. The second-order valence-electron chi connectivity index (χ2n) is 4.18. The van der Waals surface area contributed by atoms with Crippen LogP contribution in [0.4, 0.5) is 5.69 Å². The first-order valence-corrected chi connectivity index (χ1v) is 5.98. The molecule has 0 fully saturated rings. The van der Waals surface area contributed by atoms with Crippen LogP contribution in [0.1, 0.15) is 26.0 Å². The maximum absolute atomic E-state index is 8.89. The standard InChI is InChI=1S/C13H20N4/c1-4-11(2)17(3)9-8-16-12-6-5-7-15-13(12)10-14/h5-7,11,16H,4,8-9H2,1-3H3. The van der Waals surface area contributed by atoms with Gasteiger partial charge >= 0.3 is 0 Å². The summed E-state index contributed by atoms with van der Waals surface area (Å²) in [6.45, 7) is 6.17. The van der Waals surface area contributed by atoms with Crippen molar-refractivity contribution < 1.29 is 0 Å². The fourth-order valence-corrected chi connectivity index (χ4v) is 1.54. The van der Waals surface area contributed by atoms with Gasteiger partial charge in [0, 0.05) is 25.3 Å². The molecule has 0 aromatic carbocycles. The zero-order valence-corrected chi connectivity index (χ0v) is 10.8. The zero-order valence-electron chi connectivity index (χ0n) is 10.8. The lowest BCUT2D eigenvalue weighted by atomic mass is 10.2. The molecule has 0 bridgehead atoms. The summed E-state index contributed by atoms with van der Waals surface area (Å²) in [7, 11) is 2.12. The molecule has 4 nitrogen and oxygen atoms in total. The molecule has 17 heavy (non-hydrogen) atoms. The van der Waals surface area contributed by atoms with Crippen molar-refractivity contribution in [2.45, 2.75) is 26.3 Å². The van der Waals surface area contributed by atoms with Gasteiger partial charge in [0.25, 0.3) is 0 Å². The van der Waals surface area contributed by atoms with E-state index in [0.717, 1.165) is 25.2 Å². The predicted molar refractivity (Wildman–Crippen MR) is 69.8 cm³/mol. The molecule has 1 heterocycles. The van der Waals surface area contributed by atoms with Crippen molar-refractivity contribution in [1.29, 1.82) is 5.26 Å². The predicted octanol–water partition coefficient (Wildman–Crippen LogP) is 2.10. The molecule has 0 saturated heterocycles. The maximum Gasteiger partial charge on any atom is 0.163 e. The Labute approximate surface area is 103 Å². The molecule has 1 atom stereocenters. The fourth-order valence-electron chi connectivity index (χ4n) is 1.54. The molecule has 1 N–H and O–H groups in total. The highest BCUT2D eigenvalue weighted by atomic mass is 15.1. The van der Waals surface area contributed by atoms with Crippen molar-refractivity contribution in [3.05, 3.63) is 24.0 Å². The summed E-state index contributed by atoms with van der Waals surface area (Å²) in [5.74, 6) is 0. The van der Waals surface area contributed by atoms with Gasteiger partial charge in [-0.15, -0.1) is 0 Å². The Morgan fingerprint density at radius 2 is 2.35 bits per heavy atom. The van der Waals surface area contributed by atoms with Gasteiger partial charge in [0.2, 0.25) is 0 Å². The maximum atomic E-state index is 8.89. The lowest BCUT2D eigenvalue weighted by Crippen LogP contribution is -2.32. The second-order valence-corrected chi connectivity index (χ2v) is 4.18. The lowest BCUT2D eigenvalue weighted by molar-refractivity contribution is 0.261. The number of nitrogens with zero attached hydrogens (tertiary/aromatic N) is 3. The quantitative estimate of drug-likeness (QED) is 0.816. The summed E-state index contributed by atoms with van der Waals surface area (Å²) in [5.41, 5.74) is 1.27. The number of nitrogens with one attached hydrogen (secondary N) is 1.